The first-order chi connectivity index (χ1) is 13.7. The molecule has 0 saturated heterocycles. The second-order valence-electron chi connectivity index (χ2n) is 6.38. The minimum absolute atomic E-state index is 0.212. The summed E-state index contributed by atoms with van der Waals surface area (Å²) in [7, 11) is 0. The summed E-state index contributed by atoms with van der Waals surface area (Å²) in [5.74, 6) is 1.18. The maximum Gasteiger partial charge on any atom is 0.271 e. The Hall–Kier alpha value is -3.19. The lowest BCUT2D eigenvalue weighted by atomic mass is 10.2. The van der Waals surface area contributed by atoms with Crippen LogP contribution < -0.4 is 5.32 Å². The van der Waals surface area contributed by atoms with Crippen molar-refractivity contribution in [2.75, 3.05) is 0 Å². The SMILES string of the molecule is CCC(NC(=O)c1nc(-c2ccco2)sc1C)c1ncc(-c2ccccc2)[nH]1. The zero-order valence-corrected chi connectivity index (χ0v) is 16.4. The van der Waals surface area contributed by atoms with E-state index in [1.165, 1.54) is 11.3 Å². The highest BCUT2D eigenvalue weighted by Gasteiger charge is 2.22. The van der Waals surface area contributed by atoms with Gasteiger partial charge < -0.3 is 14.7 Å². The molecule has 6 nitrogen and oxygen atoms in total. The van der Waals surface area contributed by atoms with E-state index in [0.29, 0.717) is 22.9 Å². The van der Waals surface area contributed by atoms with Gasteiger partial charge in [-0.3, -0.25) is 4.79 Å². The number of thiazole rings is 1. The molecular formula is C21H20N4O2S. The molecule has 0 aliphatic rings. The maximum atomic E-state index is 12.8. The number of nitrogens with one attached hydrogen (secondary N) is 2. The standard InChI is InChI=1S/C21H20N4O2S/c1-3-15(19-22-12-16(23-19)14-8-5-4-6-9-14)24-20(26)18-13(2)28-21(25-18)17-10-7-11-27-17/h4-12,15H,3H2,1-2H3,(H,22,23)(H,24,26). The molecule has 3 heterocycles. The summed E-state index contributed by atoms with van der Waals surface area (Å²) in [6, 6.07) is 13.4. The van der Waals surface area contributed by atoms with Crippen LogP contribution in [0, 0.1) is 6.92 Å². The van der Waals surface area contributed by atoms with Gasteiger partial charge in [0.25, 0.3) is 5.91 Å². The Morgan fingerprint density at radius 3 is 2.79 bits per heavy atom. The van der Waals surface area contributed by atoms with Crippen molar-refractivity contribution in [1.29, 1.82) is 0 Å². The molecule has 0 saturated carbocycles. The third-order valence-electron chi connectivity index (χ3n) is 4.47. The zero-order chi connectivity index (χ0) is 19.5. The summed E-state index contributed by atoms with van der Waals surface area (Å²) >= 11 is 1.44. The van der Waals surface area contributed by atoms with Gasteiger partial charge in [0, 0.05) is 4.88 Å². The fraction of sp³-hybridized carbons (Fsp3) is 0.190. The highest BCUT2D eigenvalue weighted by atomic mass is 32.1. The van der Waals surface area contributed by atoms with E-state index in [0.717, 1.165) is 22.0 Å². The number of aromatic amines is 1. The molecule has 2 N–H and O–H groups in total. The van der Waals surface area contributed by atoms with Crippen LogP contribution in [0.5, 0.6) is 0 Å². The molecule has 1 amide bonds. The third-order valence-corrected chi connectivity index (χ3v) is 5.45. The van der Waals surface area contributed by atoms with Crippen LogP contribution in [0.2, 0.25) is 0 Å². The summed E-state index contributed by atoms with van der Waals surface area (Å²) in [6.45, 7) is 3.90. The molecule has 7 heteroatoms. The van der Waals surface area contributed by atoms with E-state index in [1.807, 2.05) is 50.2 Å². The van der Waals surface area contributed by atoms with Gasteiger partial charge >= 0.3 is 0 Å². The number of aromatic nitrogens is 3. The number of benzene rings is 1. The first kappa shape index (κ1) is 18.2. The number of carbonyl (C=O) groups is 1. The molecule has 1 aromatic carbocycles. The summed E-state index contributed by atoms with van der Waals surface area (Å²) in [6.07, 6.45) is 4.10. The topological polar surface area (TPSA) is 83.8 Å². The lowest BCUT2D eigenvalue weighted by Gasteiger charge is -2.14. The van der Waals surface area contributed by atoms with Gasteiger partial charge in [0.2, 0.25) is 0 Å². The van der Waals surface area contributed by atoms with Crippen LogP contribution in [0.4, 0.5) is 0 Å². The fourth-order valence-corrected chi connectivity index (χ4v) is 3.86. The predicted octanol–water partition coefficient (Wildman–Crippen LogP) is 4.98. The monoisotopic (exact) mass is 392 g/mol. The number of aryl methyl sites for hydroxylation is 1. The molecule has 0 aliphatic carbocycles. The Bertz CT molecular complexity index is 1070. The lowest BCUT2D eigenvalue weighted by Crippen LogP contribution is -2.29. The number of imidazole rings is 1. The molecule has 4 aromatic rings. The normalized spacial score (nSPS) is 12.1. The van der Waals surface area contributed by atoms with Gasteiger partial charge in [-0.05, 0) is 31.0 Å². The molecule has 28 heavy (non-hydrogen) atoms. The van der Waals surface area contributed by atoms with Crippen LogP contribution >= 0.6 is 11.3 Å². The summed E-state index contributed by atoms with van der Waals surface area (Å²) in [4.78, 5) is 25.9. The van der Waals surface area contributed by atoms with Crippen molar-refractivity contribution in [3.05, 3.63) is 71.3 Å². The van der Waals surface area contributed by atoms with E-state index in [2.05, 4.69) is 20.3 Å². The number of hydrogen-bond acceptors (Lipinski definition) is 5. The Morgan fingerprint density at radius 2 is 2.07 bits per heavy atom. The van der Waals surface area contributed by atoms with Crippen molar-refractivity contribution in [2.24, 2.45) is 0 Å². The molecule has 3 aromatic heterocycles. The number of amides is 1. The van der Waals surface area contributed by atoms with E-state index in [9.17, 15) is 4.79 Å². The second kappa shape index (κ2) is 7.82. The van der Waals surface area contributed by atoms with E-state index >= 15 is 0 Å². The summed E-state index contributed by atoms with van der Waals surface area (Å²) in [5, 5.41) is 3.74. The molecule has 1 atom stereocenters. The van der Waals surface area contributed by atoms with Gasteiger partial charge in [0.15, 0.2) is 10.8 Å². The molecule has 1 unspecified atom stereocenters. The van der Waals surface area contributed by atoms with Gasteiger partial charge in [-0.1, -0.05) is 37.3 Å². The number of nitrogens with zero attached hydrogens (tertiary/aromatic N) is 2. The molecule has 0 bridgehead atoms. The average molecular weight is 392 g/mol. The lowest BCUT2D eigenvalue weighted by molar-refractivity contribution is 0.0929. The molecule has 0 radical (unpaired) electrons. The molecular weight excluding hydrogens is 372 g/mol. The van der Waals surface area contributed by atoms with Crippen molar-refractivity contribution in [3.8, 4) is 22.0 Å². The number of rotatable bonds is 6. The third kappa shape index (κ3) is 3.61. The van der Waals surface area contributed by atoms with Crippen molar-refractivity contribution in [2.45, 2.75) is 26.3 Å². The molecule has 0 spiro atoms. The maximum absolute atomic E-state index is 12.8. The van der Waals surface area contributed by atoms with E-state index in [-0.39, 0.29) is 11.9 Å². The van der Waals surface area contributed by atoms with Crippen molar-refractivity contribution in [1.82, 2.24) is 20.3 Å². The number of H-pyrrole nitrogens is 1. The first-order valence-corrected chi connectivity index (χ1v) is 9.90. The summed E-state index contributed by atoms with van der Waals surface area (Å²) in [5.41, 5.74) is 2.40. The van der Waals surface area contributed by atoms with Gasteiger partial charge in [-0.15, -0.1) is 11.3 Å². The van der Waals surface area contributed by atoms with Gasteiger partial charge in [0.1, 0.15) is 11.5 Å². The summed E-state index contributed by atoms with van der Waals surface area (Å²) < 4.78 is 5.39. The number of hydrogen-bond donors (Lipinski definition) is 2. The molecule has 4 rings (SSSR count). The Morgan fingerprint density at radius 1 is 1.25 bits per heavy atom. The van der Waals surface area contributed by atoms with Crippen LogP contribution in [0.15, 0.2) is 59.3 Å². The quantitative estimate of drug-likeness (QED) is 0.484. The molecule has 0 aliphatic heterocycles. The minimum Gasteiger partial charge on any atom is -0.462 e. The number of carbonyl (C=O) groups excluding carboxylic acids is 1. The van der Waals surface area contributed by atoms with Crippen LogP contribution in [0.25, 0.3) is 22.0 Å². The van der Waals surface area contributed by atoms with E-state index < -0.39 is 0 Å². The smallest absolute Gasteiger partial charge is 0.271 e. The van der Waals surface area contributed by atoms with Gasteiger partial charge in [-0.25, -0.2) is 9.97 Å². The Labute approximate surface area is 166 Å². The second-order valence-corrected chi connectivity index (χ2v) is 7.59. The van der Waals surface area contributed by atoms with E-state index in [1.54, 1.807) is 18.5 Å². The van der Waals surface area contributed by atoms with Crippen LogP contribution in [0.1, 0.15) is 40.6 Å². The first-order valence-electron chi connectivity index (χ1n) is 9.08. The minimum atomic E-state index is -0.224. The Kier molecular flexibility index (Phi) is 5.08. The van der Waals surface area contributed by atoms with E-state index in [4.69, 9.17) is 4.42 Å². The molecule has 0 fully saturated rings. The van der Waals surface area contributed by atoms with Crippen molar-refractivity contribution >= 4 is 17.2 Å². The van der Waals surface area contributed by atoms with Crippen LogP contribution in [-0.4, -0.2) is 20.9 Å². The highest BCUT2D eigenvalue weighted by Crippen LogP contribution is 2.28. The average Bonchev–Trinajstić information content (AvgIpc) is 3.46. The zero-order valence-electron chi connectivity index (χ0n) is 15.6. The fourth-order valence-electron chi connectivity index (χ4n) is 2.98. The van der Waals surface area contributed by atoms with Gasteiger partial charge in [0.05, 0.1) is 24.2 Å². The van der Waals surface area contributed by atoms with Crippen molar-refractivity contribution in [3.63, 3.8) is 0 Å². The highest BCUT2D eigenvalue weighted by molar-refractivity contribution is 7.15. The van der Waals surface area contributed by atoms with Crippen LogP contribution in [-0.2, 0) is 0 Å². The Balaban J connectivity index is 1.53. The van der Waals surface area contributed by atoms with Crippen molar-refractivity contribution < 1.29 is 9.21 Å². The molecule has 142 valence electrons. The predicted molar refractivity (Wildman–Crippen MR) is 109 cm³/mol. The van der Waals surface area contributed by atoms with Crippen LogP contribution in [0.3, 0.4) is 0 Å². The number of furan rings is 1. The van der Waals surface area contributed by atoms with Gasteiger partial charge in [-0.2, -0.15) is 0 Å². The largest absolute Gasteiger partial charge is 0.462 e.